The van der Waals surface area contributed by atoms with Crippen molar-refractivity contribution in [3.8, 4) is 0 Å². The van der Waals surface area contributed by atoms with Gasteiger partial charge in [-0.25, -0.2) is 0 Å². The van der Waals surface area contributed by atoms with E-state index in [1.807, 2.05) is 12.3 Å². The Bertz CT molecular complexity index is 434. The van der Waals surface area contributed by atoms with E-state index in [0.29, 0.717) is 0 Å². The van der Waals surface area contributed by atoms with Crippen molar-refractivity contribution in [2.45, 2.75) is 6.92 Å². The van der Waals surface area contributed by atoms with E-state index in [9.17, 15) is 4.79 Å². The van der Waals surface area contributed by atoms with Crippen molar-refractivity contribution in [3.05, 3.63) is 10.9 Å². The summed E-state index contributed by atoms with van der Waals surface area (Å²) in [7, 11) is 0. The first-order valence-electron chi connectivity index (χ1n) is 3.69. The van der Waals surface area contributed by atoms with Gasteiger partial charge in [-0.3, -0.25) is 4.79 Å². The average molecular weight is 230 g/mol. The van der Waals surface area contributed by atoms with E-state index in [1.165, 1.54) is 34.6 Å². The highest BCUT2D eigenvalue weighted by Crippen LogP contribution is 2.29. The third kappa shape index (κ3) is 1.61. The second-order valence-corrected chi connectivity index (χ2v) is 5.13. The molecule has 0 aliphatic carbocycles. The number of nitrogens with zero attached hydrogens (tertiary/aromatic N) is 2. The van der Waals surface area contributed by atoms with E-state index in [4.69, 9.17) is 0 Å². The summed E-state index contributed by atoms with van der Waals surface area (Å²) >= 11 is 4.09. The van der Waals surface area contributed by atoms with Crippen molar-refractivity contribution in [3.63, 3.8) is 0 Å². The fourth-order valence-corrected chi connectivity index (χ4v) is 3.37. The monoisotopic (exact) mass is 230 g/mol. The molecule has 6 heteroatoms. The van der Waals surface area contributed by atoms with Crippen LogP contribution in [0.15, 0.2) is 5.38 Å². The van der Waals surface area contributed by atoms with Gasteiger partial charge in [0, 0.05) is 5.38 Å². The molecule has 0 unspecified atom stereocenters. The highest BCUT2D eigenvalue weighted by atomic mass is 32.2. The Morgan fingerprint density at radius 1 is 1.69 bits per heavy atom. The van der Waals surface area contributed by atoms with Crippen LogP contribution in [0.25, 0.3) is 9.53 Å². The molecule has 0 saturated carbocycles. The summed E-state index contributed by atoms with van der Waals surface area (Å²) in [5.74, 6) is 0.808. The van der Waals surface area contributed by atoms with E-state index in [-0.39, 0.29) is 5.12 Å². The quantitative estimate of drug-likeness (QED) is 0.795. The van der Waals surface area contributed by atoms with Crippen molar-refractivity contribution < 1.29 is 4.79 Å². The second kappa shape index (κ2) is 3.73. The largest absolute Gasteiger partial charge is 0.281 e. The van der Waals surface area contributed by atoms with Crippen molar-refractivity contribution in [2.24, 2.45) is 0 Å². The van der Waals surface area contributed by atoms with Gasteiger partial charge in [0.25, 0.3) is 0 Å². The predicted octanol–water partition coefficient (Wildman–Crippen LogP) is 2.65. The lowest BCUT2D eigenvalue weighted by Crippen LogP contribution is -1.90. The van der Waals surface area contributed by atoms with Crippen LogP contribution in [0.2, 0.25) is 0 Å². The molecule has 2 aromatic heterocycles. The molecule has 0 N–H and O–H groups in total. The standard InChI is InChI=1S/C7H6N2OS3/c1-2-11-7(10)4-3-12-6-5(4)13-9-8-6/h3H,2H2,1H3. The first-order valence-corrected chi connectivity index (χ1v) is 6.33. The molecule has 0 bridgehead atoms. The van der Waals surface area contributed by atoms with Crippen LogP contribution in [0, 0.1) is 0 Å². The van der Waals surface area contributed by atoms with Gasteiger partial charge >= 0.3 is 0 Å². The van der Waals surface area contributed by atoms with E-state index >= 15 is 0 Å². The fraction of sp³-hybridized carbons (Fsp3) is 0.286. The topological polar surface area (TPSA) is 42.9 Å². The molecule has 0 fully saturated rings. The Balaban J connectivity index is 2.42. The number of hydrogen-bond donors (Lipinski definition) is 0. The SMILES string of the molecule is CCSC(=O)c1csc2nnsc12. The van der Waals surface area contributed by atoms with Gasteiger partial charge in [0.2, 0.25) is 5.12 Å². The van der Waals surface area contributed by atoms with Crippen LogP contribution < -0.4 is 0 Å². The highest BCUT2D eigenvalue weighted by Gasteiger charge is 2.14. The summed E-state index contributed by atoms with van der Waals surface area (Å²) in [6.45, 7) is 1.97. The number of hydrogen-bond acceptors (Lipinski definition) is 6. The maximum Gasteiger partial charge on any atom is 0.221 e. The molecule has 3 nitrogen and oxygen atoms in total. The summed E-state index contributed by atoms with van der Waals surface area (Å²) < 4.78 is 4.73. The molecular formula is C7H6N2OS3. The third-order valence-electron chi connectivity index (χ3n) is 1.49. The zero-order chi connectivity index (χ0) is 9.26. The molecule has 0 amide bonds. The van der Waals surface area contributed by atoms with Crippen molar-refractivity contribution in [2.75, 3.05) is 5.75 Å². The van der Waals surface area contributed by atoms with Gasteiger partial charge in [-0.2, -0.15) is 0 Å². The molecule has 2 heterocycles. The van der Waals surface area contributed by atoms with Crippen molar-refractivity contribution >= 4 is 49.3 Å². The van der Waals surface area contributed by atoms with E-state index in [0.717, 1.165) is 20.8 Å². The second-order valence-electron chi connectivity index (χ2n) is 2.28. The lowest BCUT2D eigenvalue weighted by molar-refractivity contribution is 0.109. The molecule has 0 spiro atoms. The molecule has 2 rings (SSSR count). The zero-order valence-electron chi connectivity index (χ0n) is 6.81. The number of thioether (sulfide) groups is 1. The molecule has 68 valence electrons. The summed E-state index contributed by atoms with van der Waals surface area (Å²) in [4.78, 5) is 12.4. The number of thiophene rings is 1. The molecule has 0 aliphatic heterocycles. The number of rotatable bonds is 2. The molecule has 0 aromatic carbocycles. The van der Waals surface area contributed by atoms with Crippen LogP contribution >= 0.6 is 34.6 Å². The summed E-state index contributed by atoms with van der Waals surface area (Å²) in [5.41, 5.74) is 0.766. The lowest BCUT2D eigenvalue weighted by Gasteiger charge is -1.91. The van der Waals surface area contributed by atoms with Crippen LogP contribution in [0.5, 0.6) is 0 Å². The smallest absolute Gasteiger partial charge is 0.221 e. The van der Waals surface area contributed by atoms with Gasteiger partial charge in [-0.1, -0.05) is 23.2 Å². The van der Waals surface area contributed by atoms with Crippen LogP contribution in [-0.4, -0.2) is 20.5 Å². The molecule has 0 radical (unpaired) electrons. The molecule has 0 atom stereocenters. The Kier molecular flexibility index (Phi) is 2.61. The minimum atomic E-state index is 0.125. The number of carbonyl (C=O) groups excluding carboxylic acids is 1. The maximum atomic E-state index is 11.5. The van der Waals surface area contributed by atoms with E-state index in [1.54, 1.807) is 0 Å². The van der Waals surface area contributed by atoms with E-state index in [2.05, 4.69) is 9.59 Å². The number of fused-ring (bicyclic) bond motifs is 1. The zero-order valence-corrected chi connectivity index (χ0v) is 9.26. The predicted molar refractivity (Wildman–Crippen MR) is 57.8 cm³/mol. The molecule has 2 aromatic rings. The Labute approximate surface area is 87.3 Å². The molecule has 0 saturated heterocycles. The van der Waals surface area contributed by atoms with Gasteiger partial charge in [0.05, 0.1) is 10.3 Å². The highest BCUT2D eigenvalue weighted by molar-refractivity contribution is 8.14. The van der Waals surface area contributed by atoms with Gasteiger partial charge < -0.3 is 0 Å². The Morgan fingerprint density at radius 3 is 3.31 bits per heavy atom. The first-order chi connectivity index (χ1) is 6.33. The van der Waals surface area contributed by atoms with Crippen molar-refractivity contribution in [1.29, 1.82) is 0 Å². The van der Waals surface area contributed by atoms with Crippen LogP contribution in [0.4, 0.5) is 0 Å². The summed E-state index contributed by atoms with van der Waals surface area (Å²) in [6, 6.07) is 0. The van der Waals surface area contributed by atoms with Gasteiger partial charge in [0.15, 0.2) is 4.83 Å². The minimum Gasteiger partial charge on any atom is -0.281 e. The minimum absolute atomic E-state index is 0.125. The maximum absolute atomic E-state index is 11.5. The Hall–Kier alpha value is -0.460. The van der Waals surface area contributed by atoms with E-state index < -0.39 is 0 Å². The van der Waals surface area contributed by atoms with Crippen LogP contribution in [-0.2, 0) is 0 Å². The average Bonchev–Trinajstić information content (AvgIpc) is 2.62. The summed E-state index contributed by atoms with van der Waals surface area (Å²) in [6.07, 6.45) is 0. The number of aromatic nitrogens is 2. The molecule has 13 heavy (non-hydrogen) atoms. The molecule has 0 aliphatic rings. The number of carbonyl (C=O) groups is 1. The van der Waals surface area contributed by atoms with Gasteiger partial charge in [0.1, 0.15) is 0 Å². The first kappa shape index (κ1) is 9.11. The van der Waals surface area contributed by atoms with Crippen LogP contribution in [0.1, 0.15) is 17.3 Å². The molecular weight excluding hydrogens is 224 g/mol. The van der Waals surface area contributed by atoms with Gasteiger partial charge in [-0.05, 0) is 17.3 Å². The normalized spacial score (nSPS) is 10.8. The van der Waals surface area contributed by atoms with Crippen LogP contribution in [0.3, 0.4) is 0 Å². The van der Waals surface area contributed by atoms with Crippen molar-refractivity contribution in [1.82, 2.24) is 9.59 Å². The summed E-state index contributed by atoms with van der Waals surface area (Å²) in [5, 5.41) is 5.89. The Morgan fingerprint density at radius 2 is 2.54 bits per heavy atom. The van der Waals surface area contributed by atoms with Gasteiger partial charge in [-0.15, -0.1) is 16.4 Å². The third-order valence-corrected chi connectivity index (χ3v) is 4.01. The fourth-order valence-electron chi connectivity index (χ4n) is 0.942. The lowest BCUT2D eigenvalue weighted by atomic mass is 10.4.